The summed E-state index contributed by atoms with van der Waals surface area (Å²) < 4.78 is 5.13. The van der Waals surface area contributed by atoms with Gasteiger partial charge in [-0.2, -0.15) is 0 Å². The van der Waals surface area contributed by atoms with Crippen LogP contribution in [0.2, 0.25) is 0 Å². The van der Waals surface area contributed by atoms with E-state index in [2.05, 4.69) is 5.32 Å². The standard InChI is InChI=1S/C16H16N2O3/c1-18-12-6-4-3-5-11(12)16(20)17-15(18)10-7-8-13(19)14(9-10)21-2/h3-9,15,19H,1-2H3,(H,17,20). The molecule has 0 spiro atoms. The highest BCUT2D eigenvalue weighted by molar-refractivity contribution is 6.02. The third kappa shape index (κ3) is 2.16. The SMILES string of the molecule is COc1cc(C2NC(=O)c3ccccc3N2C)ccc1O. The van der Waals surface area contributed by atoms with Crippen molar-refractivity contribution in [3.8, 4) is 11.5 Å². The number of phenolic OH excluding ortho intramolecular Hbond substituents is 1. The second kappa shape index (κ2) is 5.01. The fraction of sp³-hybridized carbons (Fsp3) is 0.188. The van der Waals surface area contributed by atoms with Crippen LogP contribution in [0.1, 0.15) is 22.1 Å². The van der Waals surface area contributed by atoms with Crippen LogP contribution in [0.25, 0.3) is 0 Å². The number of carbonyl (C=O) groups is 1. The first kappa shape index (κ1) is 13.3. The quantitative estimate of drug-likeness (QED) is 0.888. The highest BCUT2D eigenvalue weighted by atomic mass is 16.5. The smallest absolute Gasteiger partial charge is 0.255 e. The maximum Gasteiger partial charge on any atom is 0.255 e. The predicted octanol–water partition coefficient (Wildman–Crippen LogP) is 2.28. The van der Waals surface area contributed by atoms with Crippen LogP contribution in [0.4, 0.5) is 5.69 Å². The van der Waals surface area contributed by atoms with E-state index in [0.717, 1.165) is 11.3 Å². The Morgan fingerprint density at radius 3 is 2.76 bits per heavy atom. The largest absolute Gasteiger partial charge is 0.504 e. The summed E-state index contributed by atoms with van der Waals surface area (Å²) >= 11 is 0. The minimum atomic E-state index is -0.304. The van der Waals surface area contributed by atoms with Crippen LogP contribution in [-0.2, 0) is 0 Å². The van der Waals surface area contributed by atoms with Crippen molar-refractivity contribution in [1.82, 2.24) is 5.32 Å². The number of hydrogen-bond donors (Lipinski definition) is 2. The van der Waals surface area contributed by atoms with Gasteiger partial charge in [-0.3, -0.25) is 4.79 Å². The molecule has 0 bridgehead atoms. The molecule has 5 nitrogen and oxygen atoms in total. The Morgan fingerprint density at radius 1 is 1.24 bits per heavy atom. The van der Waals surface area contributed by atoms with Crippen LogP contribution in [0, 0.1) is 0 Å². The van der Waals surface area contributed by atoms with Crippen LogP contribution in [-0.4, -0.2) is 25.2 Å². The number of methoxy groups -OCH3 is 1. The van der Waals surface area contributed by atoms with Crippen molar-refractivity contribution in [3.05, 3.63) is 53.6 Å². The molecule has 108 valence electrons. The zero-order valence-corrected chi connectivity index (χ0v) is 11.8. The summed E-state index contributed by atoms with van der Waals surface area (Å²) in [6, 6.07) is 12.5. The van der Waals surface area contributed by atoms with Crippen molar-refractivity contribution in [2.45, 2.75) is 6.17 Å². The van der Waals surface area contributed by atoms with E-state index >= 15 is 0 Å². The van der Waals surface area contributed by atoms with Crippen molar-refractivity contribution in [1.29, 1.82) is 0 Å². The number of rotatable bonds is 2. The number of hydrogen-bond acceptors (Lipinski definition) is 4. The molecule has 0 saturated heterocycles. The van der Waals surface area contributed by atoms with Gasteiger partial charge in [-0.1, -0.05) is 18.2 Å². The molecule has 3 rings (SSSR count). The summed E-state index contributed by atoms with van der Waals surface area (Å²) in [4.78, 5) is 14.2. The van der Waals surface area contributed by atoms with Crippen molar-refractivity contribution in [2.75, 3.05) is 19.1 Å². The van der Waals surface area contributed by atoms with Crippen LogP contribution >= 0.6 is 0 Å². The number of phenols is 1. The molecule has 0 fully saturated rings. The van der Waals surface area contributed by atoms with E-state index < -0.39 is 0 Å². The lowest BCUT2D eigenvalue weighted by Gasteiger charge is -2.36. The number of carbonyl (C=O) groups excluding carboxylic acids is 1. The minimum Gasteiger partial charge on any atom is -0.504 e. The van der Waals surface area contributed by atoms with E-state index in [1.807, 2.05) is 30.1 Å². The number of benzene rings is 2. The molecule has 0 aromatic heterocycles. The van der Waals surface area contributed by atoms with E-state index in [-0.39, 0.29) is 17.8 Å². The molecular weight excluding hydrogens is 268 g/mol. The predicted molar refractivity (Wildman–Crippen MR) is 79.7 cm³/mol. The lowest BCUT2D eigenvalue weighted by atomic mass is 10.0. The molecule has 0 radical (unpaired) electrons. The number of para-hydroxylation sites is 1. The first-order valence-corrected chi connectivity index (χ1v) is 6.61. The fourth-order valence-electron chi connectivity index (χ4n) is 2.58. The first-order chi connectivity index (χ1) is 10.1. The summed E-state index contributed by atoms with van der Waals surface area (Å²) in [6.07, 6.45) is -0.304. The van der Waals surface area contributed by atoms with E-state index in [0.29, 0.717) is 11.3 Å². The number of amides is 1. The number of anilines is 1. The Morgan fingerprint density at radius 2 is 2.00 bits per heavy atom. The first-order valence-electron chi connectivity index (χ1n) is 6.61. The number of fused-ring (bicyclic) bond motifs is 1. The van der Waals surface area contributed by atoms with Gasteiger partial charge < -0.3 is 20.1 Å². The van der Waals surface area contributed by atoms with Crippen molar-refractivity contribution >= 4 is 11.6 Å². The third-order valence-corrected chi connectivity index (χ3v) is 3.70. The molecular formula is C16H16N2O3. The van der Waals surface area contributed by atoms with Gasteiger partial charge in [-0.25, -0.2) is 0 Å². The topological polar surface area (TPSA) is 61.8 Å². The molecule has 1 aliphatic heterocycles. The van der Waals surface area contributed by atoms with Gasteiger partial charge in [0.05, 0.1) is 18.4 Å². The van der Waals surface area contributed by atoms with Crippen LogP contribution < -0.4 is 15.0 Å². The highest BCUT2D eigenvalue weighted by Crippen LogP contribution is 2.34. The van der Waals surface area contributed by atoms with Crippen LogP contribution in [0.5, 0.6) is 11.5 Å². The van der Waals surface area contributed by atoms with Crippen LogP contribution in [0.15, 0.2) is 42.5 Å². The number of ether oxygens (including phenoxy) is 1. The zero-order chi connectivity index (χ0) is 15.0. The van der Waals surface area contributed by atoms with Crippen molar-refractivity contribution in [2.24, 2.45) is 0 Å². The van der Waals surface area contributed by atoms with E-state index in [9.17, 15) is 9.90 Å². The second-order valence-corrected chi connectivity index (χ2v) is 4.94. The molecule has 2 N–H and O–H groups in total. The van der Waals surface area contributed by atoms with Gasteiger partial charge in [-0.05, 0) is 29.8 Å². The molecule has 5 heteroatoms. The third-order valence-electron chi connectivity index (χ3n) is 3.70. The summed E-state index contributed by atoms with van der Waals surface area (Å²) in [5.41, 5.74) is 2.37. The Labute approximate surface area is 122 Å². The zero-order valence-electron chi connectivity index (χ0n) is 11.8. The minimum absolute atomic E-state index is 0.0754. The molecule has 0 aliphatic carbocycles. The lowest BCUT2D eigenvalue weighted by Crippen LogP contribution is -2.44. The Bertz CT molecular complexity index is 700. The molecule has 1 amide bonds. The summed E-state index contributed by atoms with van der Waals surface area (Å²) in [7, 11) is 3.42. The monoisotopic (exact) mass is 284 g/mol. The summed E-state index contributed by atoms with van der Waals surface area (Å²) in [6.45, 7) is 0. The molecule has 2 aromatic rings. The van der Waals surface area contributed by atoms with Gasteiger partial charge in [0.15, 0.2) is 11.5 Å². The van der Waals surface area contributed by atoms with Crippen molar-refractivity contribution < 1.29 is 14.6 Å². The molecule has 21 heavy (non-hydrogen) atoms. The second-order valence-electron chi connectivity index (χ2n) is 4.94. The van der Waals surface area contributed by atoms with Crippen molar-refractivity contribution in [3.63, 3.8) is 0 Å². The maximum atomic E-state index is 12.2. The molecule has 1 atom stereocenters. The van der Waals surface area contributed by atoms with Gasteiger partial charge in [-0.15, -0.1) is 0 Å². The average Bonchev–Trinajstić information content (AvgIpc) is 2.51. The number of nitrogens with zero attached hydrogens (tertiary/aromatic N) is 1. The van der Waals surface area contributed by atoms with E-state index in [1.54, 1.807) is 24.3 Å². The van der Waals surface area contributed by atoms with Gasteiger partial charge in [0.25, 0.3) is 5.91 Å². The Balaban J connectivity index is 2.03. The molecule has 2 aromatic carbocycles. The van der Waals surface area contributed by atoms with Gasteiger partial charge >= 0.3 is 0 Å². The fourth-order valence-corrected chi connectivity index (χ4v) is 2.58. The Hall–Kier alpha value is -2.69. The lowest BCUT2D eigenvalue weighted by molar-refractivity contribution is 0.0928. The molecule has 1 heterocycles. The van der Waals surface area contributed by atoms with Crippen LogP contribution in [0.3, 0.4) is 0 Å². The molecule has 1 aliphatic rings. The molecule has 1 unspecified atom stereocenters. The Kier molecular flexibility index (Phi) is 3.17. The van der Waals surface area contributed by atoms with Gasteiger partial charge in [0, 0.05) is 7.05 Å². The normalized spacial score (nSPS) is 17.1. The summed E-state index contributed by atoms with van der Waals surface area (Å²) in [5, 5.41) is 12.6. The average molecular weight is 284 g/mol. The molecule has 0 saturated carbocycles. The van der Waals surface area contributed by atoms with E-state index in [4.69, 9.17) is 4.74 Å². The van der Waals surface area contributed by atoms with Gasteiger partial charge in [0.2, 0.25) is 0 Å². The maximum absolute atomic E-state index is 12.2. The summed E-state index contributed by atoms with van der Waals surface area (Å²) in [5.74, 6) is 0.348. The van der Waals surface area contributed by atoms with Gasteiger partial charge in [0.1, 0.15) is 6.17 Å². The number of aromatic hydroxyl groups is 1. The number of nitrogens with one attached hydrogen (secondary N) is 1. The van der Waals surface area contributed by atoms with E-state index in [1.165, 1.54) is 7.11 Å². The highest BCUT2D eigenvalue weighted by Gasteiger charge is 2.29.